The number of aliphatic hydroxyl groups excluding tert-OH is 2. The lowest BCUT2D eigenvalue weighted by molar-refractivity contribution is -0.404. The van der Waals surface area contributed by atoms with Gasteiger partial charge in [0.15, 0.2) is 0 Å². The van der Waals surface area contributed by atoms with Gasteiger partial charge in [0, 0.05) is 23.6 Å². The molecule has 6 rings (SSSR count). The highest BCUT2D eigenvalue weighted by Crippen LogP contribution is 2.49. The van der Waals surface area contributed by atoms with Gasteiger partial charge >= 0.3 is 0 Å². The highest BCUT2D eigenvalue weighted by molar-refractivity contribution is 6.31. The van der Waals surface area contributed by atoms with E-state index in [0.717, 1.165) is 33.6 Å². The molecule has 2 N–H and O–H groups in total. The van der Waals surface area contributed by atoms with Crippen LogP contribution >= 0.6 is 11.6 Å². The van der Waals surface area contributed by atoms with E-state index in [0.29, 0.717) is 23.6 Å². The van der Waals surface area contributed by atoms with E-state index in [1.165, 1.54) is 0 Å². The molecule has 0 saturated carbocycles. The molecule has 0 radical (unpaired) electrons. The van der Waals surface area contributed by atoms with Gasteiger partial charge in [0.2, 0.25) is 5.79 Å². The number of halogens is 1. The first-order valence-electron chi connectivity index (χ1n) is 17.2. The van der Waals surface area contributed by atoms with Crippen molar-refractivity contribution in [3.63, 3.8) is 0 Å². The van der Waals surface area contributed by atoms with Gasteiger partial charge in [-0.3, -0.25) is 0 Å². The van der Waals surface area contributed by atoms with E-state index in [-0.39, 0.29) is 13.2 Å². The summed E-state index contributed by atoms with van der Waals surface area (Å²) in [4.78, 5) is 0. The van der Waals surface area contributed by atoms with Crippen molar-refractivity contribution in [2.24, 2.45) is 5.92 Å². The molecule has 1 saturated heterocycles. The smallest absolute Gasteiger partial charge is 0.225 e. The van der Waals surface area contributed by atoms with Gasteiger partial charge in [-0.25, -0.2) is 0 Å². The van der Waals surface area contributed by atoms with Crippen molar-refractivity contribution in [1.82, 2.24) is 0 Å². The topological polar surface area (TPSA) is 86.6 Å². The Morgan fingerprint density at radius 2 is 1.22 bits per heavy atom. The molecule has 0 aromatic heterocycles. The fourth-order valence-electron chi connectivity index (χ4n) is 6.69. The van der Waals surface area contributed by atoms with Crippen molar-refractivity contribution in [3.8, 4) is 5.75 Å². The van der Waals surface area contributed by atoms with Crippen LogP contribution in [0.25, 0.3) is 0 Å². The average Bonchev–Trinajstić information content (AvgIpc) is 3.18. The Balaban J connectivity index is 1.34. The minimum Gasteiger partial charge on any atom is -0.489 e. The van der Waals surface area contributed by atoms with Gasteiger partial charge in [0.05, 0.1) is 32.5 Å². The maximum atomic E-state index is 10.8. The number of rotatable bonds is 15. The molecule has 0 spiro atoms. The first-order chi connectivity index (χ1) is 24.9. The Bertz CT molecular complexity index is 1800. The molecule has 266 valence electrons. The highest BCUT2D eigenvalue weighted by Gasteiger charge is 2.62. The van der Waals surface area contributed by atoms with E-state index >= 15 is 0 Å². The SMILES string of the molecule is CO[C@@]1(c2ccc(Cl)c(Cc3ccc(OCc4ccccc4)cc3)c2)OC(CO)(CO)[C@@H](C)[C@H](OCc2ccccc2)[C@H]1OCc1ccccc1. The lowest BCUT2D eigenvalue weighted by atomic mass is 9.75. The summed E-state index contributed by atoms with van der Waals surface area (Å²) in [5, 5.41) is 22.2. The number of ether oxygens (including phenoxy) is 5. The van der Waals surface area contributed by atoms with Crippen molar-refractivity contribution in [3.05, 3.63) is 172 Å². The van der Waals surface area contributed by atoms with Crippen LogP contribution in [0.4, 0.5) is 0 Å². The number of methoxy groups -OCH3 is 1. The number of hydrogen-bond acceptors (Lipinski definition) is 7. The van der Waals surface area contributed by atoms with Crippen LogP contribution in [-0.4, -0.2) is 48.3 Å². The van der Waals surface area contributed by atoms with E-state index in [9.17, 15) is 10.2 Å². The van der Waals surface area contributed by atoms with Gasteiger partial charge in [-0.2, -0.15) is 0 Å². The van der Waals surface area contributed by atoms with E-state index in [2.05, 4.69) is 0 Å². The van der Waals surface area contributed by atoms with Gasteiger partial charge in [0.1, 0.15) is 24.1 Å². The molecule has 1 heterocycles. The van der Waals surface area contributed by atoms with Crippen LogP contribution in [0.5, 0.6) is 5.75 Å². The average molecular weight is 709 g/mol. The molecule has 51 heavy (non-hydrogen) atoms. The third-order valence-electron chi connectivity index (χ3n) is 9.76. The summed E-state index contributed by atoms with van der Waals surface area (Å²) in [5.41, 5.74) is 4.12. The molecule has 0 aliphatic carbocycles. The first kappa shape index (κ1) is 36.7. The molecule has 0 amide bonds. The molecule has 5 aromatic carbocycles. The fraction of sp³-hybridized carbons (Fsp3) is 0.302. The number of hydrogen-bond donors (Lipinski definition) is 2. The summed E-state index contributed by atoms with van der Waals surface area (Å²) in [6.45, 7) is 1.99. The second-order valence-corrected chi connectivity index (χ2v) is 13.4. The zero-order valence-corrected chi connectivity index (χ0v) is 29.7. The van der Waals surface area contributed by atoms with Gasteiger partial charge in [-0.1, -0.05) is 128 Å². The second kappa shape index (κ2) is 17.0. The Hall–Kier alpha value is -4.05. The van der Waals surface area contributed by atoms with Crippen molar-refractivity contribution in [1.29, 1.82) is 0 Å². The molecule has 0 unspecified atom stereocenters. The molecule has 1 aliphatic heterocycles. The largest absolute Gasteiger partial charge is 0.489 e. The van der Waals surface area contributed by atoms with Gasteiger partial charge in [-0.05, 0) is 58.5 Å². The van der Waals surface area contributed by atoms with Crippen molar-refractivity contribution in [2.75, 3.05) is 20.3 Å². The first-order valence-corrected chi connectivity index (χ1v) is 17.6. The van der Waals surface area contributed by atoms with Crippen LogP contribution in [0.15, 0.2) is 133 Å². The van der Waals surface area contributed by atoms with Crippen LogP contribution < -0.4 is 4.74 Å². The Labute approximate surface area is 305 Å². The van der Waals surface area contributed by atoms with Crippen LogP contribution in [0.2, 0.25) is 5.02 Å². The minimum absolute atomic E-state index is 0.252. The normalized spacial score (nSPS) is 21.3. The van der Waals surface area contributed by atoms with E-state index in [1.54, 1.807) is 7.11 Å². The van der Waals surface area contributed by atoms with Crippen molar-refractivity contribution >= 4 is 11.6 Å². The summed E-state index contributed by atoms with van der Waals surface area (Å²) < 4.78 is 32.6. The van der Waals surface area contributed by atoms with E-state index < -0.39 is 42.7 Å². The van der Waals surface area contributed by atoms with Gasteiger partial charge in [-0.15, -0.1) is 0 Å². The minimum atomic E-state index is -1.59. The Morgan fingerprint density at radius 1 is 0.667 bits per heavy atom. The summed E-state index contributed by atoms with van der Waals surface area (Å²) in [6.07, 6.45) is -0.955. The van der Waals surface area contributed by atoms with Crippen molar-refractivity contribution < 1.29 is 33.9 Å². The summed E-state index contributed by atoms with van der Waals surface area (Å²) in [7, 11) is 1.55. The van der Waals surface area contributed by atoms with Crippen LogP contribution in [0, 0.1) is 5.92 Å². The molecule has 1 fully saturated rings. The summed E-state index contributed by atoms with van der Waals surface area (Å²) in [5.74, 6) is -1.31. The maximum Gasteiger partial charge on any atom is 0.225 e. The molecular formula is C43H45ClO7. The van der Waals surface area contributed by atoms with Gasteiger partial charge in [0.25, 0.3) is 0 Å². The molecule has 4 atom stereocenters. The third kappa shape index (κ3) is 8.37. The molecule has 8 heteroatoms. The summed E-state index contributed by atoms with van der Waals surface area (Å²) >= 11 is 6.84. The monoisotopic (exact) mass is 708 g/mol. The molecular weight excluding hydrogens is 664 g/mol. The third-order valence-corrected chi connectivity index (χ3v) is 10.1. The highest BCUT2D eigenvalue weighted by atomic mass is 35.5. The van der Waals surface area contributed by atoms with Crippen molar-refractivity contribution in [2.45, 2.75) is 56.8 Å². The maximum absolute atomic E-state index is 10.8. The standard InChI is InChI=1S/C43H45ClO7/c1-31-40(49-27-34-14-8-4-9-15-34)41(50-28-35-16-10-5-11-17-35)43(47-2,51-42(31,29-45)30-46)37-20-23-39(44)36(25-37)24-32-18-21-38(22-19-32)48-26-33-12-6-3-7-13-33/h3-23,25,31,40-41,45-46H,24,26-30H2,1-2H3/t31-,40-,41+,43-/m0/s1. The van der Waals surface area contributed by atoms with Crippen LogP contribution in [0.1, 0.15) is 40.3 Å². The lowest BCUT2D eigenvalue weighted by Gasteiger charge is -2.56. The molecule has 5 aromatic rings. The quantitative estimate of drug-likeness (QED) is 0.115. The predicted octanol–water partition coefficient (Wildman–Crippen LogP) is 7.87. The van der Waals surface area contributed by atoms with Crippen LogP contribution in [-0.2, 0) is 51.0 Å². The number of benzene rings is 5. The second-order valence-electron chi connectivity index (χ2n) is 13.0. The Morgan fingerprint density at radius 3 is 1.76 bits per heavy atom. The lowest BCUT2D eigenvalue weighted by Crippen LogP contribution is -2.69. The summed E-state index contributed by atoms with van der Waals surface area (Å²) in [6, 6.07) is 43.3. The fourth-order valence-corrected chi connectivity index (χ4v) is 6.87. The number of aliphatic hydroxyl groups is 2. The molecule has 1 aliphatic rings. The van der Waals surface area contributed by atoms with Gasteiger partial charge < -0.3 is 33.9 Å². The van der Waals surface area contributed by atoms with Crippen LogP contribution in [0.3, 0.4) is 0 Å². The van der Waals surface area contributed by atoms with E-state index in [1.807, 2.05) is 140 Å². The molecule has 0 bridgehead atoms. The zero-order valence-electron chi connectivity index (χ0n) is 29.0. The van der Waals surface area contributed by atoms with E-state index in [4.69, 9.17) is 35.3 Å². The molecule has 7 nitrogen and oxygen atoms in total. The Kier molecular flexibility index (Phi) is 12.2. The zero-order chi connectivity index (χ0) is 35.7. The predicted molar refractivity (Wildman–Crippen MR) is 197 cm³/mol.